The quantitative estimate of drug-likeness (QED) is 0.762. The maximum absolute atomic E-state index is 13.3. The average molecular weight is 238 g/mol. The van der Waals surface area contributed by atoms with Crippen molar-refractivity contribution in [3.8, 4) is 0 Å². The molecule has 0 aliphatic heterocycles. The van der Waals surface area contributed by atoms with Gasteiger partial charge in [0.1, 0.15) is 0 Å². The van der Waals surface area contributed by atoms with Gasteiger partial charge in [-0.25, -0.2) is 4.98 Å². The Morgan fingerprint density at radius 3 is 2.94 bits per heavy atom. The fraction of sp³-hybridized carbons (Fsp3) is 0.500. The third-order valence-corrected chi connectivity index (χ3v) is 3.05. The highest BCUT2D eigenvalue weighted by Gasteiger charge is 2.25. The highest BCUT2D eigenvalue weighted by Crippen LogP contribution is 2.18. The molecule has 1 saturated carbocycles. The Bertz CT molecular complexity index is 411. The first kappa shape index (κ1) is 12.0. The van der Waals surface area contributed by atoms with Crippen LogP contribution in [0.5, 0.6) is 0 Å². The van der Waals surface area contributed by atoms with Crippen molar-refractivity contribution in [2.75, 3.05) is 0 Å². The van der Waals surface area contributed by atoms with Gasteiger partial charge in [0.2, 0.25) is 5.95 Å². The lowest BCUT2D eigenvalue weighted by Gasteiger charge is -2.28. The van der Waals surface area contributed by atoms with Crippen molar-refractivity contribution >= 4 is 5.91 Å². The number of carbonyl (C=O) groups is 1. The smallest absolute Gasteiger partial charge is 0.256 e. The minimum Gasteiger partial charge on any atom is -0.391 e. The van der Waals surface area contributed by atoms with E-state index in [1.54, 1.807) is 0 Å². The maximum Gasteiger partial charge on any atom is 0.256 e. The summed E-state index contributed by atoms with van der Waals surface area (Å²) in [7, 11) is 0. The van der Waals surface area contributed by atoms with Crippen molar-refractivity contribution in [3.63, 3.8) is 0 Å². The van der Waals surface area contributed by atoms with E-state index in [1.165, 1.54) is 18.3 Å². The SMILES string of the molecule is O=C(N[C@@H]1CCCC[C@H]1O)c1cccnc1F. The summed E-state index contributed by atoms with van der Waals surface area (Å²) in [6.07, 6.45) is 4.11. The van der Waals surface area contributed by atoms with Gasteiger partial charge in [-0.1, -0.05) is 12.8 Å². The topological polar surface area (TPSA) is 62.2 Å². The minimum atomic E-state index is -0.782. The van der Waals surface area contributed by atoms with Crippen LogP contribution in [-0.2, 0) is 0 Å². The highest BCUT2D eigenvalue weighted by molar-refractivity contribution is 5.94. The Kier molecular flexibility index (Phi) is 3.68. The molecular formula is C12H15FN2O2. The molecule has 1 heterocycles. The molecule has 1 aliphatic carbocycles. The van der Waals surface area contributed by atoms with E-state index in [9.17, 15) is 14.3 Å². The summed E-state index contributed by atoms with van der Waals surface area (Å²) in [5.74, 6) is -1.29. The standard InChI is InChI=1S/C12H15FN2O2/c13-11-8(4-3-7-14-11)12(17)15-9-5-1-2-6-10(9)16/h3-4,7,9-10,16H,1-2,5-6H2,(H,15,17)/t9-,10-/m1/s1. The second-order valence-electron chi connectivity index (χ2n) is 4.27. The predicted octanol–water partition coefficient (Wildman–Crippen LogP) is 1.25. The van der Waals surface area contributed by atoms with Crippen molar-refractivity contribution < 1.29 is 14.3 Å². The van der Waals surface area contributed by atoms with Gasteiger partial charge in [-0.3, -0.25) is 4.79 Å². The number of aliphatic hydroxyl groups is 1. The summed E-state index contributed by atoms with van der Waals surface area (Å²) in [4.78, 5) is 15.2. The van der Waals surface area contributed by atoms with Crippen molar-refractivity contribution in [3.05, 3.63) is 29.8 Å². The van der Waals surface area contributed by atoms with Gasteiger partial charge in [0, 0.05) is 6.20 Å². The van der Waals surface area contributed by atoms with Crippen LogP contribution in [0.2, 0.25) is 0 Å². The highest BCUT2D eigenvalue weighted by atomic mass is 19.1. The number of hydrogen-bond donors (Lipinski definition) is 2. The van der Waals surface area contributed by atoms with E-state index in [0.29, 0.717) is 6.42 Å². The third-order valence-electron chi connectivity index (χ3n) is 3.05. The summed E-state index contributed by atoms with van der Waals surface area (Å²) >= 11 is 0. The first-order valence-corrected chi connectivity index (χ1v) is 5.78. The fourth-order valence-electron chi connectivity index (χ4n) is 2.08. The first-order valence-electron chi connectivity index (χ1n) is 5.78. The Balaban J connectivity index is 2.04. The monoisotopic (exact) mass is 238 g/mol. The van der Waals surface area contributed by atoms with Crippen LogP contribution in [0.4, 0.5) is 4.39 Å². The molecule has 0 spiro atoms. The number of pyridine rings is 1. The van der Waals surface area contributed by atoms with Crippen LogP contribution in [-0.4, -0.2) is 28.1 Å². The first-order chi connectivity index (χ1) is 8.18. The Labute approximate surface area is 98.9 Å². The zero-order chi connectivity index (χ0) is 12.3. The number of aromatic nitrogens is 1. The lowest BCUT2D eigenvalue weighted by molar-refractivity contribution is 0.0713. The second kappa shape index (κ2) is 5.23. The lowest BCUT2D eigenvalue weighted by Crippen LogP contribution is -2.45. The van der Waals surface area contributed by atoms with E-state index < -0.39 is 18.0 Å². The zero-order valence-corrected chi connectivity index (χ0v) is 9.40. The Hall–Kier alpha value is -1.49. The van der Waals surface area contributed by atoms with Crippen molar-refractivity contribution in [1.29, 1.82) is 0 Å². The van der Waals surface area contributed by atoms with Gasteiger partial charge in [-0.15, -0.1) is 0 Å². The molecule has 1 aromatic heterocycles. The molecule has 0 radical (unpaired) electrons. The molecule has 2 atom stereocenters. The summed E-state index contributed by atoms with van der Waals surface area (Å²) in [5, 5.41) is 12.4. The average Bonchev–Trinajstić information content (AvgIpc) is 2.32. The van der Waals surface area contributed by atoms with Crippen LogP contribution in [0, 0.1) is 5.95 Å². The van der Waals surface area contributed by atoms with E-state index in [-0.39, 0.29) is 11.6 Å². The number of aliphatic hydroxyl groups excluding tert-OH is 1. The summed E-state index contributed by atoms with van der Waals surface area (Å²) in [5.41, 5.74) is -0.0785. The molecule has 1 fully saturated rings. The van der Waals surface area contributed by atoms with Crippen LogP contribution >= 0.6 is 0 Å². The van der Waals surface area contributed by atoms with Crippen LogP contribution < -0.4 is 5.32 Å². The molecule has 1 aliphatic rings. The van der Waals surface area contributed by atoms with Gasteiger partial charge in [0.15, 0.2) is 0 Å². The number of carbonyl (C=O) groups excluding carboxylic acids is 1. The molecule has 0 saturated heterocycles. The maximum atomic E-state index is 13.3. The molecule has 1 amide bonds. The number of nitrogens with zero attached hydrogens (tertiary/aromatic N) is 1. The number of nitrogens with one attached hydrogen (secondary N) is 1. The van der Waals surface area contributed by atoms with Gasteiger partial charge in [0.05, 0.1) is 17.7 Å². The van der Waals surface area contributed by atoms with Crippen LogP contribution in [0.1, 0.15) is 36.0 Å². The zero-order valence-electron chi connectivity index (χ0n) is 9.40. The molecule has 0 bridgehead atoms. The van der Waals surface area contributed by atoms with Crippen molar-refractivity contribution in [2.24, 2.45) is 0 Å². The summed E-state index contributed by atoms with van der Waals surface area (Å²) < 4.78 is 13.3. The number of halogens is 1. The van der Waals surface area contributed by atoms with Crippen LogP contribution in [0.15, 0.2) is 18.3 Å². The lowest BCUT2D eigenvalue weighted by atomic mass is 9.92. The number of amides is 1. The van der Waals surface area contributed by atoms with E-state index in [1.807, 2.05) is 0 Å². The van der Waals surface area contributed by atoms with Gasteiger partial charge in [-0.05, 0) is 25.0 Å². The van der Waals surface area contributed by atoms with Gasteiger partial charge < -0.3 is 10.4 Å². The van der Waals surface area contributed by atoms with E-state index in [4.69, 9.17) is 0 Å². The fourth-order valence-corrected chi connectivity index (χ4v) is 2.08. The van der Waals surface area contributed by atoms with E-state index in [0.717, 1.165) is 19.3 Å². The molecule has 92 valence electrons. The van der Waals surface area contributed by atoms with E-state index >= 15 is 0 Å². The second-order valence-corrected chi connectivity index (χ2v) is 4.27. The molecule has 2 rings (SSSR count). The largest absolute Gasteiger partial charge is 0.391 e. The molecule has 0 aromatic carbocycles. The van der Waals surface area contributed by atoms with Gasteiger partial charge >= 0.3 is 0 Å². The molecule has 0 unspecified atom stereocenters. The summed E-state index contributed by atoms with van der Waals surface area (Å²) in [6, 6.07) is 2.61. The number of rotatable bonds is 2. The normalized spacial score (nSPS) is 24.4. The van der Waals surface area contributed by atoms with E-state index in [2.05, 4.69) is 10.3 Å². The molecule has 4 nitrogen and oxygen atoms in total. The molecule has 5 heteroatoms. The van der Waals surface area contributed by atoms with Crippen LogP contribution in [0.25, 0.3) is 0 Å². The van der Waals surface area contributed by atoms with Gasteiger partial charge in [0.25, 0.3) is 5.91 Å². The minimum absolute atomic E-state index is 0.0785. The third kappa shape index (κ3) is 2.79. The predicted molar refractivity (Wildman–Crippen MR) is 59.9 cm³/mol. The molecule has 1 aromatic rings. The van der Waals surface area contributed by atoms with Crippen LogP contribution in [0.3, 0.4) is 0 Å². The molecule has 17 heavy (non-hydrogen) atoms. The van der Waals surface area contributed by atoms with Crippen molar-refractivity contribution in [2.45, 2.75) is 37.8 Å². The van der Waals surface area contributed by atoms with Crippen molar-refractivity contribution in [1.82, 2.24) is 10.3 Å². The summed E-state index contributed by atoms with van der Waals surface area (Å²) in [6.45, 7) is 0. The number of hydrogen-bond acceptors (Lipinski definition) is 3. The molecular weight excluding hydrogens is 223 g/mol. The molecule has 2 N–H and O–H groups in total. The Morgan fingerprint density at radius 2 is 2.24 bits per heavy atom. The Morgan fingerprint density at radius 1 is 1.47 bits per heavy atom. The van der Waals surface area contributed by atoms with Gasteiger partial charge in [-0.2, -0.15) is 4.39 Å².